The largest absolute Gasteiger partial charge is 0.398 e. The molecule has 0 unspecified atom stereocenters. The van der Waals surface area contributed by atoms with Crippen LogP contribution in [0, 0.1) is 0 Å². The van der Waals surface area contributed by atoms with Crippen molar-refractivity contribution in [2.24, 2.45) is 0 Å². The van der Waals surface area contributed by atoms with Crippen molar-refractivity contribution in [3.63, 3.8) is 0 Å². The Labute approximate surface area is 122 Å². The van der Waals surface area contributed by atoms with Crippen molar-refractivity contribution in [2.75, 3.05) is 11.5 Å². The highest BCUT2D eigenvalue weighted by Gasteiger charge is 2.33. The van der Waals surface area contributed by atoms with Gasteiger partial charge in [0.1, 0.15) is 0 Å². The first-order valence-electron chi connectivity index (χ1n) is 6.56. The van der Waals surface area contributed by atoms with Crippen LogP contribution in [0.2, 0.25) is 0 Å². The SMILES string of the molecule is C=CCc1cc(N)c2c(c1N)C(=O)c1ccccc1C2=O. The summed E-state index contributed by atoms with van der Waals surface area (Å²) < 4.78 is 0. The van der Waals surface area contributed by atoms with Crippen molar-refractivity contribution >= 4 is 22.9 Å². The van der Waals surface area contributed by atoms with E-state index in [0.717, 1.165) is 0 Å². The lowest BCUT2D eigenvalue weighted by atomic mass is 9.81. The van der Waals surface area contributed by atoms with E-state index in [1.807, 2.05) is 0 Å². The number of ketones is 2. The molecule has 0 aromatic heterocycles. The highest BCUT2D eigenvalue weighted by molar-refractivity contribution is 6.31. The highest BCUT2D eigenvalue weighted by atomic mass is 16.1. The van der Waals surface area contributed by atoms with Crippen LogP contribution in [0.5, 0.6) is 0 Å². The maximum absolute atomic E-state index is 12.7. The molecule has 0 atom stereocenters. The number of hydrogen-bond acceptors (Lipinski definition) is 4. The Morgan fingerprint density at radius 3 is 2.14 bits per heavy atom. The van der Waals surface area contributed by atoms with Gasteiger partial charge in [0.25, 0.3) is 0 Å². The van der Waals surface area contributed by atoms with Crippen LogP contribution >= 0.6 is 0 Å². The minimum Gasteiger partial charge on any atom is -0.398 e. The molecule has 0 bridgehead atoms. The molecular formula is C17H14N2O2. The van der Waals surface area contributed by atoms with Crippen molar-refractivity contribution in [3.05, 3.63) is 70.8 Å². The first-order valence-corrected chi connectivity index (χ1v) is 6.56. The second-order valence-electron chi connectivity index (χ2n) is 4.99. The summed E-state index contributed by atoms with van der Waals surface area (Å²) in [5, 5.41) is 0. The zero-order valence-electron chi connectivity index (χ0n) is 11.3. The van der Waals surface area contributed by atoms with E-state index in [-0.39, 0.29) is 28.4 Å². The molecule has 2 aromatic rings. The fourth-order valence-corrected chi connectivity index (χ4v) is 2.73. The predicted molar refractivity (Wildman–Crippen MR) is 82.5 cm³/mol. The van der Waals surface area contributed by atoms with Gasteiger partial charge >= 0.3 is 0 Å². The quantitative estimate of drug-likeness (QED) is 0.556. The zero-order chi connectivity index (χ0) is 15.1. The molecule has 2 aromatic carbocycles. The maximum Gasteiger partial charge on any atom is 0.196 e. The van der Waals surface area contributed by atoms with Crippen LogP contribution in [0.4, 0.5) is 11.4 Å². The van der Waals surface area contributed by atoms with E-state index < -0.39 is 0 Å². The Hall–Kier alpha value is -2.88. The van der Waals surface area contributed by atoms with Gasteiger partial charge in [-0.1, -0.05) is 30.3 Å². The van der Waals surface area contributed by atoms with Gasteiger partial charge in [-0.15, -0.1) is 6.58 Å². The van der Waals surface area contributed by atoms with Crippen LogP contribution in [0.25, 0.3) is 0 Å². The number of allylic oxidation sites excluding steroid dienone is 1. The number of anilines is 2. The molecule has 104 valence electrons. The normalized spacial score (nSPS) is 12.8. The summed E-state index contributed by atoms with van der Waals surface area (Å²) in [4.78, 5) is 25.3. The number of carbonyl (C=O) groups excluding carboxylic acids is 2. The van der Waals surface area contributed by atoms with Gasteiger partial charge in [0.05, 0.1) is 11.1 Å². The average Bonchev–Trinajstić information content (AvgIpc) is 2.48. The van der Waals surface area contributed by atoms with E-state index in [9.17, 15) is 9.59 Å². The molecule has 3 rings (SSSR count). The molecule has 21 heavy (non-hydrogen) atoms. The Morgan fingerprint density at radius 1 is 1.00 bits per heavy atom. The summed E-state index contributed by atoms with van der Waals surface area (Å²) in [6.07, 6.45) is 2.17. The third-order valence-corrected chi connectivity index (χ3v) is 3.72. The van der Waals surface area contributed by atoms with Gasteiger partial charge in [-0.05, 0) is 18.1 Å². The van der Waals surface area contributed by atoms with Gasteiger partial charge in [-0.25, -0.2) is 0 Å². The molecule has 4 nitrogen and oxygen atoms in total. The molecule has 0 amide bonds. The number of hydrogen-bond donors (Lipinski definition) is 2. The van der Waals surface area contributed by atoms with Gasteiger partial charge in [0.15, 0.2) is 11.6 Å². The van der Waals surface area contributed by atoms with Crippen molar-refractivity contribution < 1.29 is 9.59 Å². The fourth-order valence-electron chi connectivity index (χ4n) is 2.73. The van der Waals surface area contributed by atoms with Gasteiger partial charge in [0, 0.05) is 22.5 Å². The predicted octanol–water partition coefficient (Wildman–Crippen LogP) is 2.35. The molecule has 0 heterocycles. The standard InChI is InChI=1S/C17H14N2O2/c1-2-5-9-8-12(18)13-14(15(9)19)17(21)11-7-4-3-6-10(11)16(13)20/h2-4,6-8H,1,5,18-19H2. The molecule has 1 aliphatic rings. The molecule has 0 saturated heterocycles. The Kier molecular flexibility index (Phi) is 2.87. The molecule has 1 aliphatic carbocycles. The number of benzene rings is 2. The van der Waals surface area contributed by atoms with E-state index in [0.29, 0.717) is 28.8 Å². The van der Waals surface area contributed by atoms with Crippen molar-refractivity contribution in [1.29, 1.82) is 0 Å². The monoisotopic (exact) mass is 278 g/mol. The van der Waals surface area contributed by atoms with E-state index in [4.69, 9.17) is 11.5 Å². The van der Waals surface area contributed by atoms with E-state index in [1.54, 1.807) is 36.4 Å². The average molecular weight is 278 g/mol. The maximum atomic E-state index is 12.7. The first-order chi connectivity index (χ1) is 10.1. The topological polar surface area (TPSA) is 86.2 Å². The Bertz CT molecular complexity index is 807. The van der Waals surface area contributed by atoms with E-state index in [1.165, 1.54) is 0 Å². The lowest BCUT2D eigenvalue weighted by molar-refractivity contribution is 0.0980. The van der Waals surface area contributed by atoms with Crippen LogP contribution < -0.4 is 11.5 Å². The first kappa shape index (κ1) is 13.1. The smallest absolute Gasteiger partial charge is 0.196 e. The molecule has 0 aliphatic heterocycles. The fraction of sp³-hybridized carbons (Fsp3) is 0.0588. The second-order valence-corrected chi connectivity index (χ2v) is 4.99. The lowest BCUT2D eigenvalue weighted by Gasteiger charge is -2.22. The number of carbonyl (C=O) groups is 2. The summed E-state index contributed by atoms with van der Waals surface area (Å²) in [7, 11) is 0. The van der Waals surface area contributed by atoms with Crippen molar-refractivity contribution in [2.45, 2.75) is 6.42 Å². The molecule has 0 radical (unpaired) electrons. The molecule has 0 fully saturated rings. The number of rotatable bonds is 2. The molecule has 0 saturated carbocycles. The number of nitrogen functional groups attached to an aromatic ring is 2. The highest BCUT2D eigenvalue weighted by Crippen LogP contribution is 2.36. The molecule has 0 spiro atoms. The summed E-state index contributed by atoms with van der Waals surface area (Å²) >= 11 is 0. The van der Waals surface area contributed by atoms with Crippen LogP contribution in [0.3, 0.4) is 0 Å². The van der Waals surface area contributed by atoms with E-state index in [2.05, 4.69) is 6.58 Å². The number of fused-ring (bicyclic) bond motifs is 2. The zero-order valence-corrected chi connectivity index (χ0v) is 11.3. The minimum absolute atomic E-state index is 0.212. The molecular weight excluding hydrogens is 264 g/mol. The molecule has 4 N–H and O–H groups in total. The van der Waals surface area contributed by atoms with Crippen molar-refractivity contribution in [3.8, 4) is 0 Å². The Balaban J connectivity index is 2.35. The number of nitrogens with two attached hydrogens (primary N) is 2. The van der Waals surface area contributed by atoms with E-state index >= 15 is 0 Å². The van der Waals surface area contributed by atoms with Gasteiger partial charge in [-0.2, -0.15) is 0 Å². The van der Waals surface area contributed by atoms with Crippen LogP contribution in [-0.2, 0) is 6.42 Å². The minimum atomic E-state index is -0.255. The van der Waals surface area contributed by atoms with Gasteiger partial charge in [0.2, 0.25) is 0 Å². The summed E-state index contributed by atoms with van der Waals surface area (Å²) in [6, 6.07) is 8.36. The van der Waals surface area contributed by atoms with Crippen LogP contribution in [-0.4, -0.2) is 11.6 Å². The van der Waals surface area contributed by atoms with Crippen LogP contribution in [0.1, 0.15) is 37.4 Å². The lowest BCUT2D eigenvalue weighted by Crippen LogP contribution is -2.24. The molecule has 4 heteroatoms. The van der Waals surface area contributed by atoms with Gasteiger partial charge < -0.3 is 11.5 Å². The third kappa shape index (κ3) is 1.76. The third-order valence-electron chi connectivity index (χ3n) is 3.72. The summed E-state index contributed by atoms with van der Waals surface area (Å²) in [6.45, 7) is 3.66. The Morgan fingerprint density at radius 2 is 1.57 bits per heavy atom. The summed E-state index contributed by atoms with van der Waals surface area (Å²) in [5.41, 5.74) is 14.6. The van der Waals surface area contributed by atoms with Crippen LogP contribution in [0.15, 0.2) is 43.0 Å². The van der Waals surface area contributed by atoms with Crippen molar-refractivity contribution in [1.82, 2.24) is 0 Å². The second kappa shape index (κ2) is 4.59. The summed E-state index contributed by atoms with van der Waals surface area (Å²) in [5.74, 6) is -0.509. The van der Waals surface area contributed by atoms with Gasteiger partial charge in [-0.3, -0.25) is 9.59 Å².